The van der Waals surface area contributed by atoms with E-state index in [1.165, 1.54) is 0 Å². The first kappa shape index (κ1) is 10.3. The van der Waals surface area contributed by atoms with Crippen LogP contribution in [-0.2, 0) is 0 Å². The Hall–Kier alpha value is -0.770. The minimum absolute atomic E-state index is 0.108. The van der Waals surface area contributed by atoms with Gasteiger partial charge >= 0.3 is 0 Å². The van der Waals surface area contributed by atoms with Gasteiger partial charge in [-0.25, -0.2) is 13.8 Å². The van der Waals surface area contributed by atoms with Crippen molar-refractivity contribution in [2.24, 2.45) is 0 Å². The van der Waals surface area contributed by atoms with E-state index in [0.29, 0.717) is 9.13 Å². The summed E-state index contributed by atoms with van der Waals surface area (Å²) >= 11 is 1.85. The van der Waals surface area contributed by atoms with Gasteiger partial charge in [0.1, 0.15) is 6.07 Å². The highest BCUT2D eigenvalue weighted by molar-refractivity contribution is 14.1. The first-order valence-electron chi connectivity index (χ1n) is 3.41. The summed E-state index contributed by atoms with van der Waals surface area (Å²) < 4.78 is 25.1. The lowest BCUT2D eigenvalue weighted by molar-refractivity contribution is 0.150. The van der Waals surface area contributed by atoms with Gasteiger partial charge in [0, 0.05) is 11.8 Å². The zero-order valence-electron chi connectivity index (χ0n) is 6.68. The Balaban J connectivity index is 3.33. The number of alkyl halides is 2. The zero-order valence-corrected chi connectivity index (χ0v) is 8.84. The van der Waals surface area contributed by atoms with Gasteiger partial charge in [0.25, 0.3) is 6.43 Å². The molecule has 0 aliphatic heterocycles. The van der Waals surface area contributed by atoms with E-state index in [0.717, 1.165) is 6.20 Å². The molecule has 0 spiro atoms. The van der Waals surface area contributed by atoms with Gasteiger partial charge in [0.15, 0.2) is 5.69 Å². The molecule has 1 aromatic heterocycles. The summed E-state index contributed by atoms with van der Waals surface area (Å²) in [5.41, 5.74) is 0.521. The molecule has 0 radical (unpaired) electrons. The summed E-state index contributed by atoms with van der Waals surface area (Å²) in [6, 6.07) is 1.84. The third-order valence-electron chi connectivity index (χ3n) is 1.64. The van der Waals surface area contributed by atoms with Gasteiger partial charge in [-0.1, -0.05) is 0 Å². The van der Waals surface area contributed by atoms with Crippen molar-refractivity contribution in [1.82, 2.24) is 4.98 Å². The molecule has 0 aromatic carbocycles. The predicted octanol–water partition coefficient (Wildman–Crippen LogP) is 2.80. The summed E-state index contributed by atoms with van der Waals surface area (Å²) in [6.07, 6.45) is -1.48. The molecule has 0 bridgehead atoms. The largest absolute Gasteiger partial charge is 0.265 e. The quantitative estimate of drug-likeness (QED) is 0.747. The molecule has 0 fully saturated rings. The Morgan fingerprint density at radius 2 is 2.23 bits per heavy atom. The number of hydrogen-bond acceptors (Lipinski definition) is 2. The van der Waals surface area contributed by atoms with Crippen molar-refractivity contribution in [3.63, 3.8) is 0 Å². The Kier molecular flexibility index (Phi) is 3.14. The predicted molar refractivity (Wildman–Crippen MR) is 51.4 cm³/mol. The average molecular weight is 294 g/mol. The van der Waals surface area contributed by atoms with E-state index in [9.17, 15) is 8.78 Å². The number of hydrogen-bond donors (Lipinski definition) is 0. The SMILES string of the molecule is Cc1c(C(F)F)cnc(C#N)c1I. The van der Waals surface area contributed by atoms with E-state index in [1.54, 1.807) is 6.92 Å². The fourth-order valence-electron chi connectivity index (χ4n) is 0.890. The summed E-state index contributed by atoms with van der Waals surface area (Å²) in [5.74, 6) is 0. The van der Waals surface area contributed by atoms with Crippen molar-refractivity contribution in [3.8, 4) is 6.07 Å². The van der Waals surface area contributed by atoms with Crippen LogP contribution in [0.15, 0.2) is 6.20 Å². The molecule has 0 N–H and O–H groups in total. The van der Waals surface area contributed by atoms with Crippen LogP contribution in [0.2, 0.25) is 0 Å². The second-order valence-corrected chi connectivity index (χ2v) is 3.49. The first-order valence-corrected chi connectivity index (χ1v) is 4.49. The molecule has 1 aromatic rings. The molecular formula is C8H5F2IN2. The normalized spacial score (nSPS) is 10.2. The lowest BCUT2D eigenvalue weighted by atomic mass is 10.1. The molecule has 0 aliphatic rings. The highest BCUT2D eigenvalue weighted by Gasteiger charge is 2.15. The number of aromatic nitrogens is 1. The van der Waals surface area contributed by atoms with Crippen LogP contribution in [-0.4, -0.2) is 4.98 Å². The van der Waals surface area contributed by atoms with Crippen LogP contribution in [0.3, 0.4) is 0 Å². The topological polar surface area (TPSA) is 36.7 Å². The van der Waals surface area contributed by atoms with Crippen molar-refractivity contribution < 1.29 is 8.78 Å². The molecule has 0 saturated carbocycles. The lowest BCUT2D eigenvalue weighted by Gasteiger charge is -2.06. The van der Waals surface area contributed by atoms with E-state index in [1.807, 2.05) is 28.7 Å². The minimum atomic E-state index is -2.53. The summed E-state index contributed by atoms with van der Waals surface area (Å²) in [7, 11) is 0. The molecule has 0 aliphatic carbocycles. The van der Waals surface area contributed by atoms with Crippen LogP contribution >= 0.6 is 22.6 Å². The Bertz CT molecular complexity index is 371. The summed E-state index contributed by atoms with van der Waals surface area (Å²) in [5, 5.41) is 8.57. The summed E-state index contributed by atoms with van der Waals surface area (Å²) in [4.78, 5) is 3.63. The van der Waals surface area contributed by atoms with Gasteiger partial charge < -0.3 is 0 Å². The molecule has 0 atom stereocenters. The van der Waals surface area contributed by atoms with Gasteiger partial charge in [-0.05, 0) is 35.1 Å². The Morgan fingerprint density at radius 1 is 1.62 bits per heavy atom. The van der Waals surface area contributed by atoms with Crippen molar-refractivity contribution >= 4 is 22.6 Å². The van der Waals surface area contributed by atoms with E-state index in [2.05, 4.69) is 4.98 Å². The number of rotatable bonds is 1. The Labute approximate surface area is 87.7 Å². The van der Waals surface area contributed by atoms with Gasteiger partial charge in [-0.15, -0.1) is 0 Å². The van der Waals surface area contributed by atoms with Gasteiger partial charge in [-0.2, -0.15) is 5.26 Å². The van der Waals surface area contributed by atoms with Crippen LogP contribution in [0.1, 0.15) is 23.2 Å². The lowest BCUT2D eigenvalue weighted by Crippen LogP contribution is -1.98. The van der Waals surface area contributed by atoms with Crippen molar-refractivity contribution in [2.45, 2.75) is 13.3 Å². The molecule has 13 heavy (non-hydrogen) atoms. The second kappa shape index (κ2) is 3.96. The van der Waals surface area contributed by atoms with Gasteiger partial charge in [-0.3, -0.25) is 0 Å². The second-order valence-electron chi connectivity index (χ2n) is 2.41. The van der Waals surface area contributed by atoms with E-state index >= 15 is 0 Å². The number of nitrogens with zero attached hydrogens (tertiary/aromatic N) is 2. The maximum Gasteiger partial charge on any atom is 0.265 e. The minimum Gasteiger partial charge on any atom is -0.244 e. The van der Waals surface area contributed by atoms with Crippen LogP contribution in [0.25, 0.3) is 0 Å². The van der Waals surface area contributed by atoms with E-state index in [-0.39, 0.29) is 11.3 Å². The monoisotopic (exact) mass is 294 g/mol. The smallest absolute Gasteiger partial charge is 0.244 e. The first-order chi connectivity index (χ1) is 6.07. The standard InChI is InChI=1S/C8H5F2IN2/c1-4-5(8(9)10)3-13-6(2-12)7(4)11/h3,8H,1H3. The maximum absolute atomic E-state index is 12.3. The van der Waals surface area contributed by atoms with Crippen molar-refractivity contribution in [2.75, 3.05) is 0 Å². The molecule has 2 nitrogen and oxygen atoms in total. The highest BCUT2D eigenvalue weighted by atomic mass is 127. The van der Waals surface area contributed by atoms with Crippen LogP contribution < -0.4 is 0 Å². The third-order valence-corrected chi connectivity index (χ3v) is 2.96. The Morgan fingerprint density at radius 3 is 2.69 bits per heavy atom. The average Bonchev–Trinajstić information content (AvgIpc) is 2.09. The van der Waals surface area contributed by atoms with Gasteiger partial charge in [0.05, 0.1) is 3.57 Å². The number of pyridine rings is 1. The van der Waals surface area contributed by atoms with Crippen LogP contribution in [0.4, 0.5) is 8.78 Å². The molecule has 1 rings (SSSR count). The van der Waals surface area contributed by atoms with Crippen molar-refractivity contribution in [3.05, 3.63) is 26.6 Å². The van der Waals surface area contributed by atoms with E-state index in [4.69, 9.17) is 5.26 Å². The molecule has 0 saturated heterocycles. The van der Waals surface area contributed by atoms with Crippen molar-refractivity contribution in [1.29, 1.82) is 5.26 Å². The molecule has 1 heterocycles. The number of halogens is 3. The van der Waals surface area contributed by atoms with E-state index < -0.39 is 6.43 Å². The molecular weight excluding hydrogens is 289 g/mol. The molecule has 0 amide bonds. The molecule has 0 unspecified atom stereocenters. The zero-order chi connectivity index (χ0) is 10.0. The third kappa shape index (κ3) is 1.94. The van der Waals surface area contributed by atoms with Crippen LogP contribution in [0, 0.1) is 21.8 Å². The fraction of sp³-hybridized carbons (Fsp3) is 0.250. The maximum atomic E-state index is 12.3. The highest BCUT2D eigenvalue weighted by Crippen LogP contribution is 2.26. The van der Waals surface area contributed by atoms with Gasteiger partial charge in [0.2, 0.25) is 0 Å². The molecule has 5 heteroatoms. The van der Waals surface area contributed by atoms with Crippen LogP contribution in [0.5, 0.6) is 0 Å². The summed E-state index contributed by atoms with van der Waals surface area (Å²) in [6.45, 7) is 1.56. The fourth-order valence-corrected chi connectivity index (χ4v) is 1.46. The number of nitriles is 1. The molecule has 68 valence electrons.